The Balaban J connectivity index is 2.28. The van der Waals surface area contributed by atoms with Gasteiger partial charge in [0.15, 0.2) is 0 Å². The van der Waals surface area contributed by atoms with Crippen molar-refractivity contribution in [1.29, 1.82) is 0 Å². The number of likely N-dealkylation sites (tertiary alicyclic amines) is 1. The van der Waals surface area contributed by atoms with E-state index in [1.165, 1.54) is 16.7 Å². The van der Waals surface area contributed by atoms with Crippen LogP contribution in [0.5, 0.6) is 0 Å². The zero-order chi connectivity index (χ0) is 18.1. The van der Waals surface area contributed by atoms with Crippen molar-refractivity contribution in [1.82, 2.24) is 4.90 Å². The van der Waals surface area contributed by atoms with Crippen LogP contribution in [-0.4, -0.2) is 35.2 Å². The Morgan fingerprint density at radius 3 is 2.58 bits per heavy atom. The molecule has 0 aliphatic carbocycles. The lowest BCUT2D eigenvalue weighted by Gasteiger charge is -2.43. The Labute approximate surface area is 146 Å². The van der Waals surface area contributed by atoms with E-state index in [1.54, 1.807) is 0 Å². The van der Waals surface area contributed by atoms with E-state index in [2.05, 4.69) is 39.0 Å². The highest BCUT2D eigenvalue weighted by atomic mass is 16.6. The lowest BCUT2D eigenvalue weighted by molar-refractivity contribution is 0.00350. The van der Waals surface area contributed by atoms with Gasteiger partial charge in [0, 0.05) is 24.5 Å². The van der Waals surface area contributed by atoms with Crippen molar-refractivity contribution in [2.75, 3.05) is 6.54 Å². The van der Waals surface area contributed by atoms with Gasteiger partial charge in [-0.25, -0.2) is 4.79 Å². The quantitative estimate of drug-likeness (QED) is 0.886. The molecule has 4 heteroatoms. The highest BCUT2D eigenvalue weighted by Crippen LogP contribution is 2.33. The third kappa shape index (κ3) is 4.29. The molecule has 2 N–H and O–H groups in total. The second-order valence-corrected chi connectivity index (χ2v) is 8.06. The van der Waals surface area contributed by atoms with Gasteiger partial charge in [-0.3, -0.25) is 0 Å². The predicted molar refractivity (Wildman–Crippen MR) is 98.3 cm³/mol. The molecular weight excluding hydrogens is 300 g/mol. The van der Waals surface area contributed by atoms with Crippen LogP contribution in [0.2, 0.25) is 0 Å². The molecule has 0 radical (unpaired) electrons. The second kappa shape index (κ2) is 7.14. The summed E-state index contributed by atoms with van der Waals surface area (Å²) in [5.41, 5.74) is 9.76. The molecule has 0 saturated carbocycles. The molecule has 0 bridgehead atoms. The lowest BCUT2D eigenvalue weighted by Crippen LogP contribution is -2.57. The molecule has 1 aromatic carbocycles. The van der Waals surface area contributed by atoms with Gasteiger partial charge < -0.3 is 15.4 Å². The third-order valence-electron chi connectivity index (χ3n) is 4.79. The molecule has 1 heterocycles. The molecular formula is C20H32N2O2. The number of carbonyl (C=O) groups excluding carboxylic acids is 1. The zero-order valence-corrected chi connectivity index (χ0v) is 15.9. The molecule has 1 aliphatic rings. The fourth-order valence-electron chi connectivity index (χ4n) is 3.64. The Hall–Kier alpha value is -1.55. The molecule has 1 aromatic rings. The maximum absolute atomic E-state index is 12.7. The molecule has 1 fully saturated rings. The monoisotopic (exact) mass is 332 g/mol. The summed E-state index contributed by atoms with van der Waals surface area (Å²) in [4.78, 5) is 14.6. The van der Waals surface area contributed by atoms with E-state index in [4.69, 9.17) is 10.5 Å². The van der Waals surface area contributed by atoms with Crippen LogP contribution in [-0.2, 0) is 4.74 Å². The summed E-state index contributed by atoms with van der Waals surface area (Å²) in [6.07, 6.45) is 1.50. The molecule has 0 spiro atoms. The van der Waals surface area contributed by atoms with Gasteiger partial charge in [-0.2, -0.15) is 0 Å². The number of nitrogens with two attached hydrogens (primary N) is 1. The van der Waals surface area contributed by atoms with Crippen molar-refractivity contribution in [3.8, 4) is 0 Å². The Morgan fingerprint density at radius 2 is 2.00 bits per heavy atom. The Kier molecular flexibility index (Phi) is 5.59. The molecule has 1 amide bonds. The van der Waals surface area contributed by atoms with Gasteiger partial charge in [0.2, 0.25) is 0 Å². The minimum Gasteiger partial charge on any atom is -0.444 e. The Bertz CT molecular complexity index is 592. The molecule has 0 aromatic heterocycles. The van der Waals surface area contributed by atoms with Crippen LogP contribution in [0.15, 0.2) is 18.2 Å². The summed E-state index contributed by atoms with van der Waals surface area (Å²) in [6.45, 7) is 12.7. The fourth-order valence-corrected chi connectivity index (χ4v) is 3.64. The van der Waals surface area contributed by atoms with E-state index in [0.717, 1.165) is 12.8 Å². The van der Waals surface area contributed by atoms with Crippen LogP contribution >= 0.6 is 0 Å². The third-order valence-corrected chi connectivity index (χ3v) is 4.79. The molecule has 1 saturated heterocycles. The SMILES string of the molecule is CCC1C(N)CC(c2cc(C)ccc2C)CN1C(=O)OC(C)(C)C. The number of piperidine rings is 1. The van der Waals surface area contributed by atoms with Crippen LogP contribution < -0.4 is 5.73 Å². The first-order valence-corrected chi connectivity index (χ1v) is 8.94. The minimum atomic E-state index is -0.494. The largest absolute Gasteiger partial charge is 0.444 e. The van der Waals surface area contributed by atoms with Gasteiger partial charge >= 0.3 is 6.09 Å². The van der Waals surface area contributed by atoms with E-state index in [1.807, 2.05) is 25.7 Å². The normalized spacial score (nSPS) is 24.8. The standard InChI is InChI=1S/C20H32N2O2/c1-7-18-17(21)11-15(16-10-13(2)8-9-14(16)3)12-22(18)19(23)24-20(4,5)6/h8-10,15,17-18H,7,11-12,21H2,1-6H3. The molecule has 3 unspecified atom stereocenters. The molecule has 24 heavy (non-hydrogen) atoms. The smallest absolute Gasteiger partial charge is 0.410 e. The van der Waals surface area contributed by atoms with E-state index in [0.29, 0.717) is 6.54 Å². The maximum atomic E-state index is 12.7. The van der Waals surface area contributed by atoms with Gasteiger partial charge in [-0.15, -0.1) is 0 Å². The fraction of sp³-hybridized carbons (Fsp3) is 0.650. The first kappa shape index (κ1) is 18.8. The molecule has 3 atom stereocenters. The van der Waals surface area contributed by atoms with Gasteiger partial charge in [0.25, 0.3) is 0 Å². The van der Waals surface area contributed by atoms with Gasteiger partial charge in [0.05, 0.1) is 0 Å². The highest BCUT2D eigenvalue weighted by molar-refractivity contribution is 5.69. The highest BCUT2D eigenvalue weighted by Gasteiger charge is 2.38. The van der Waals surface area contributed by atoms with Crippen molar-refractivity contribution in [3.05, 3.63) is 34.9 Å². The van der Waals surface area contributed by atoms with Crippen LogP contribution in [0.4, 0.5) is 4.79 Å². The van der Waals surface area contributed by atoms with Crippen LogP contribution in [0.3, 0.4) is 0 Å². The van der Waals surface area contributed by atoms with Crippen LogP contribution in [0, 0.1) is 13.8 Å². The van der Waals surface area contributed by atoms with Crippen molar-refractivity contribution in [2.24, 2.45) is 5.73 Å². The summed E-state index contributed by atoms with van der Waals surface area (Å²) < 4.78 is 5.63. The van der Waals surface area contributed by atoms with Crippen molar-refractivity contribution < 1.29 is 9.53 Å². The summed E-state index contributed by atoms with van der Waals surface area (Å²) in [7, 11) is 0. The van der Waals surface area contributed by atoms with Crippen LogP contribution in [0.25, 0.3) is 0 Å². The number of amides is 1. The average molecular weight is 332 g/mol. The van der Waals surface area contributed by atoms with E-state index in [-0.39, 0.29) is 24.1 Å². The summed E-state index contributed by atoms with van der Waals surface area (Å²) in [6, 6.07) is 6.52. The number of nitrogens with zero attached hydrogens (tertiary/aromatic N) is 1. The first-order valence-electron chi connectivity index (χ1n) is 8.94. The second-order valence-electron chi connectivity index (χ2n) is 8.06. The first-order chi connectivity index (χ1) is 11.1. The van der Waals surface area contributed by atoms with Gasteiger partial charge in [-0.1, -0.05) is 30.7 Å². The number of carbonyl (C=O) groups is 1. The van der Waals surface area contributed by atoms with Crippen molar-refractivity contribution in [3.63, 3.8) is 0 Å². The molecule has 134 valence electrons. The molecule has 1 aliphatic heterocycles. The van der Waals surface area contributed by atoms with Gasteiger partial charge in [0.1, 0.15) is 5.60 Å². The topological polar surface area (TPSA) is 55.6 Å². The van der Waals surface area contributed by atoms with Crippen molar-refractivity contribution >= 4 is 6.09 Å². The number of rotatable bonds is 2. The lowest BCUT2D eigenvalue weighted by atomic mass is 9.81. The predicted octanol–water partition coefficient (Wildman–Crippen LogP) is 4.13. The van der Waals surface area contributed by atoms with E-state index < -0.39 is 5.60 Å². The van der Waals surface area contributed by atoms with E-state index in [9.17, 15) is 4.79 Å². The number of hydrogen-bond donors (Lipinski definition) is 1. The Morgan fingerprint density at radius 1 is 1.33 bits per heavy atom. The summed E-state index contributed by atoms with van der Waals surface area (Å²) >= 11 is 0. The van der Waals surface area contributed by atoms with Crippen molar-refractivity contribution in [2.45, 2.75) is 78.0 Å². The van der Waals surface area contributed by atoms with Gasteiger partial charge in [-0.05, 0) is 58.6 Å². The minimum absolute atomic E-state index is 0.0267. The average Bonchev–Trinajstić information content (AvgIpc) is 2.47. The summed E-state index contributed by atoms with van der Waals surface area (Å²) in [5, 5.41) is 0. The molecule has 4 nitrogen and oxygen atoms in total. The van der Waals surface area contributed by atoms with E-state index >= 15 is 0 Å². The zero-order valence-electron chi connectivity index (χ0n) is 15.9. The number of benzene rings is 1. The summed E-state index contributed by atoms with van der Waals surface area (Å²) in [5.74, 6) is 0.259. The number of ether oxygens (including phenoxy) is 1. The maximum Gasteiger partial charge on any atom is 0.410 e. The number of hydrogen-bond acceptors (Lipinski definition) is 3. The van der Waals surface area contributed by atoms with Crippen LogP contribution in [0.1, 0.15) is 63.1 Å². The number of aryl methyl sites for hydroxylation is 2. The molecule has 2 rings (SSSR count).